The fourth-order valence-electron chi connectivity index (χ4n) is 3.85. The third-order valence-electron chi connectivity index (χ3n) is 5.18. The minimum Gasteiger partial charge on any atom is -0.508 e. The van der Waals surface area contributed by atoms with Crippen LogP contribution >= 0.6 is 11.6 Å². The molecule has 4 heteroatoms. The number of halogens is 1. The summed E-state index contributed by atoms with van der Waals surface area (Å²) in [5, 5.41) is 21.1. The summed E-state index contributed by atoms with van der Waals surface area (Å²) < 4.78 is 0. The summed E-state index contributed by atoms with van der Waals surface area (Å²) >= 11 is 6.44. The molecule has 1 heterocycles. The molecule has 4 aromatic rings. The lowest BCUT2D eigenvalue weighted by Crippen LogP contribution is -1.95. The lowest BCUT2D eigenvalue weighted by atomic mass is 9.95. The maximum Gasteiger partial charge on any atom is 0.123 e. The van der Waals surface area contributed by atoms with Gasteiger partial charge in [-0.1, -0.05) is 54.1 Å². The van der Waals surface area contributed by atoms with Crippen molar-refractivity contribution in [1.82, 2.24) is 4.98 Å². The third-order valence-corrected chi connectivity index (χ3v) is 5.51. The normalized spacial score (nSPS) is 11.9. The van der Waals surface area contributed by atoms with Crippen LogP contribution < -0.4 is 0 Å². The molecule has 28 heavy (non-hydrogen) atoms. The molecule has 0 bridgehead atoms. The van der Waals surface area contributed by atoms with E-state index in [1.807, 2.05) is 54.6 Å². The number of phenols is 2. The first-order valence-corrected chi connectivity index (χ1v) is 9.39. The molecule has 0 fully saturated rings. The van der Waals surface area contributed by atoms with E-state index in [1.54, 1.807) is 18.2 Å². The van der Waals surface area contributed by atoms with E-state index < -0.39 is 0 Å². The van der Waals surface area contributed by atoms with E-state index in [1.165, 1.54) is 0 Å². The largest absolute Gasteiger partial charge is 0.508 e. The molecule has 0 atom stereocenters. The van der Waals surface area contributed by atoms with Crippen molar-refractivity contribution in [2.75, 3.05) is 0 Å². The average molecular weight is 386 g/mol. The first-order valence-electron chi connectivity index (χ1n) is 9.01. The van der Waals surface area contributed by atoms with Crippen molar-refractivity contribution in [3.63, 3.8) is 0 Å². The number of aromatic hydroxyl groups is 2. The van der Waals surface area contributed by atoms with Gasteiger partial charge in [0.2, 0.25) is 0 Å². The predicted molar refractivity (Wildman–Crippen MR) is 112 cm³/mol. The Morgan fingerprint density at radius 3 is 2.29 bits per heavy atom. The first kappa shape index (κ1) is 16.8. The molecule has 3 aromatic carbocycles. The number of phenolic OH excluding ortho intramolecular Hbond substituents is 2. The number of aromatic nitrogens is 1. The summed E-state index contributed by atoms with van der Waals surface area (Å²) in [5.74, 6) is 0.431. The van der Waals surface area contributed by atoms with Gasteiger partial charge in [0.25, 0.3) is 0 Å². The summed E-state index contributed by atoms with van der Waals surface area (Å²) in [6, 6.07) is 22.2. The van der Waals surface area contributed by atoms with Crippen LogP contribution in [-0.2, 0) is 6.42 Å². The Labute approximate surface area is 167 Å². The minimum absolute atomic E-state index is 0.209. The van der Waals surface area contributed by atoms with Crippen LogP contribution in [0.4, 0.5) is 0 Å². The van der Waals surface area contributed by atoms with Gasteiger partial charge in [-0.15, -0.1) is 0 Å². The van der Waals surface area contributed by atoms with E-state index in [9.17, 15) is 10.2 Å². The Kier molecular flexibility index (Phi) is 3.85. The molecule has 0 saturated heterocycles. The number of pyridine rings is 1. The number of benzene rings is 3. The third kappa shape index (κ3) is 2.63. The Hall–Kier alpha value is -3.30. The van der Waals surface area contributed by atoms with Crippen molar-refractivity contribution >= 4 is 11.6 Å². The van der Waals surface area contributed by atoms with Crippen molar-refractivity contribution in [3.05, 3.63) is 88.9 Å². The highest BCUT2D eigenvalue weighted by Crippen LogP contribution is 2.45. The zero-order valence-electron chi connectivity index (χ0n) is 14.9. The van der Waals surface area contributed by atoms with Crippen molar-refractivity contribution < 1.29 is 10.2 Å². The average Bonchev–Trinajstić information content (AvgIpc) is 3.06. The Bertz CT molecular complexity index is 1230. The SMILES string of the molecule is Oc1ccc2c(c1)-c1nc(-c3ccccc3Cl)cc(-c3ccccc3O)c1C2. The van der Waals surface area contributed by atoms with Crippen LogP contribution in [0, 0.1) is 0 Å². The summed E-state index contributed by atoms with van der Waals surface area (Å²) in [5.41, 5.74) is 7.13. The van der Waals surface area contributed by atoms with Crippen LogP contribution in [0.15, 0.2) is 72.8 Å². The standard InChI is InChI=1S/C24H16ClNO2/c25-21-7-3-1-6-17(21)22-13-19(16-5-2-4-8-23(16)28)20-11-14-9-10-15(27)12-18(14)24(20)26-22/h1-10,12-13,27-28H,11H2. The summed E-state index contributed by atoms with van der Waals surface area (Å²) in [4.78, 5) is 4.91. The van der Waals surface area contributed by atoms with E-state index >= 15 is 0 Å². The van der Waals surface area contributed by atoms with Crippen molar-refractivity contribution in [1.29, 1.82) is 0 Å². The minimum atomic E-state index is 0.209. The highest BCUT2D eigenvalue weighted by atomic mass is 35.5. The van der Waals surface area contributed by atoms with E-state index in [4.69, 9.17) is 16.6 Å². The molecule has 0 radical (unpaired) electrons. The molecule has 5 rings (SSSR count). The number of para-hydroxylation sites is 1. The molecule has 0 amide bonds. The van der Waals surface area contributed by atoms with Crippen molar-refractivity contribution in [2.24, 2.45) is 0 Å². The number of fused-ring (bicyclic) bond motifs is 3. The van der Waals surface area contributed by atoms with Crippen molar-refractivity contribution in [3.8, 4) is 45.1 Å². The topological polar surface area (TPSA) is 53.4 Å². The molecule has 0 saturated carbocycles. The Morgan fingerprint density at radius 1 is 0.750 bits per heavy atom. The zero-order chi connectivity index (χ0) is 19.3. The van der Waals surface area contributed by atoms with Crippen LogP contribution in [0.3, 0.4) is 0 Å². The summed E-state index contributed by atoms with van der Waals surface area (Å²) in [6.45, 7) is 0. The second-order valence-electron chi connectivity index (χ2n) is 6.90. The highest BCUT2D eigenvalue weighted by Gasteiger charge is 2.26. The summed E-state index contributed by atoms with van der Waals surface area (Å²) in [6.07, 6.45) is 0.699. The van der Waals surface area contributed by atoms with Gasteiger partial charge >= 0.3 is 0 Å². The van der Waals surface area contributed by atoms with Gasteiger partial charge in [-0.05, 0) is 47.0 Å². The maximum atomic E-state index is 10.5. The molecule has 1 aromatic heterocycles. The van der Waals surface area contributed by atoms with E-state index in [2.05, 4.69) is 0 Å². The molecule has 1 aliphatic carbocycles. The monoisotopic (exact) mass is 385 g/mol. The fourth-order valence-corrected chi connectivity index (χ4v) is 4.08. The maximum absolute atomic E-state index is 10.5. The second kappa shape index (κ2) is 6.39. The Balaban J connectivity index is 1.83. The number of hydrogen-bond acceptors (Lipinski definition) is 3. The van der Waals surface area contributed by atoms with E-state index in [0.717, 1.165) is 44.8 Å². The lowest BCUT2D eigenvalue weighted by Gasteiger charge is -2.14. The molecule has 0 aliphatic heterocycles. The molecular weight excluding hydrogens is 370 g/mol. The van der Waals surface area contributed by atoms with Gasteiger partial charge in [0.1, 0.15) is 11.5 Å². The quantitative estimate of drug-likeness (QED) is 0.389. The van der Waals surface area contributed by atoms with Gasteiger partial charge in [-0.3, -0.25) is 0 Å². The van der Waals surface area contributed by atoms with Crippen LogP contribution in [0.1, 0.15) is 11.1 Å². The molecule has 3 nitrogen and oxygen atoms in total. The van der Waals surface area contributed by atoms with Gasteiger partial charge in [0.15, 0.2) is 0 Å². The number of nitrogens with zero attached hydrogens (tertiary/aromatic N) is 1. The number of hydrogen-bond donors (Lipinski definition) is 2. The van der Waals surface area contributed by atoms with Crippen LogP contribution in [0.2, 0.25) is 5.02 Å². The van der Waals surface area contributed by atoms with Crippen molar-refractivity contribution in [2.45, 2.75) is 6.42 Å². The van der Waals surface area contributed by atoms with Crippen LogP contribution in [-0.4, -0.2) is 15.2 Å². The lowest BCUT2D eigenvalue weighted by molar-refractivity contribution is 0.475. The summed E-state index contributed by atoms with van der Waals surface area (Å²) in [7, 11) is 0. The smallest absolute Gasteiger partial charge is 0.123 e. The predicted octanol–water partition coefficient (Wildman–Crippen LogP) is 6.05. The molecule has 0 spiro atoms. The van der Waals surface area contributed by atoms with Crippen LogP contribution in [0.25, 0.3) is 33.6 Å². The molecule has 136 valence electrons. The van der Waals surface area contributed by atoms with Gasteiger partial charge in [-0.2, -0.15) is 0 Å². The second-order valence-corrected chi connectivity index (χ2v) is 7.30. The number of rotatable bonds is 2. The van der Waals surface area contributed by atoms with Gasteiger partial charge in [0, 0.05) is 28.1 Å². The molecule has 1 aliphatic rings. The zero-order valence-corrected chi connectivity index (χ0v) is 15.6. The highest BCUT2D eigenvalue weighted by molar-refractivity contribution is 6.33. The van der Waals surface area contributed by atoms with Gasteiger partial charge in [-0.25, -0.2) is 4.98 Å². The first-order chi connectivity index (χ1) is 13.6. The van der Waals surface area contributed by atoms with E-state index in [-0.39, 0.29) is 11.5 Å². The molecule has 2 N–H and O–H groups in total. The van der Waals surface area contributed by atoms with Gasteiger partial charge in [0.05, 0.1) is 11.4 Å². The van der Waals surface area contributed by atoms with Gasteiger partial charge < -0.3 is 10.2 Å². The fraction of sp³-hybridized carbons (Fsp3) is 0.0417. The molecular formula is C24H16ClNO2. The van der Waals surface area contributed by atoms with E-state index in [0.29, 0.717) is 11.4 Å². The Morgan fingerprint density at radius 2 is 1.50 bits per heavy atom. The molecule has 0 unspecified atom stereocenters. The van der Waals surface area contributed by atoms with Crippen LogP contribution in [0.5, 0.6) is 11.5 Å².